The maximum absolute atomic E-state index is 14.2. The van der Waals surface area contributed by atoms with E-state index in [4.69, 9.17) is 0 Å². The lowest BCUT2D eigenvalue weighted by atomic mass is 9.54. The van der Waals surface area contributed by atoms with Gasteiger partial charge in [0.15, 0.2) is 5.04 Å². The van der Waals surface area contributed by atoms with E-state index in [2.05, 4.69) is 0 Å². The summed E-state index contributed by atoms with van der Waals surface area (Å²) in [6.45, 7) is 0.296. The molecular formula is C11H9F13Si. The van der Waals surface area contributed by atoms with Crippen LogP contribution in [0, 0.1) is 0 Å². The van der Waals surface area contributed by atoms with Gasteiger partial charge in [-0.2, -0.15) is 52.7 Å². The molecule has 25 heavy (non-hydrogen) atoms. The van der Waals surface area contributed by atoms with E-state index < -0.39 is 54.3 Å². The van der Waals surface area contributed by atoms with E-state index in [1.807, 2.05) is 0 Å². The summed E-state index contributed by atoms with van der Waals surface area (Å²) >= 11 is 0. The molecule has 3 aliphatic carbocycles. The van der Waals surface area contributed by atoms with Crippen LogP contribution in [-0.2, 0) is 0 Å². The molecule has 3 fully saturated rings. The van der Waals surface area contributed by atoms with Crippen molar-refractivity contribution >= 4 is 8.07 Å². The molecule has 0 N–H and O–H groups in total. The SMILES string of the molecule is C[Si](C)(C)C12C(F)(F)C(F)(F)C(F)(C(F)(F)C1(F)F)C(F)(F)C2(F)F. The molecule has 148 valence electrons. The molecule has 0 spiro atoms. The smallest absolute Gasteiger partial charge is 0.223 e. The second-order valence-corrected chi connectivity index (χ2v) is 12.4. The van der Waals surface area contributed by atoms with Crippen LogP contribution in [-0.4, -0.2) is 49.3 Å². The normalized spacial score (nSPS) is 42.2. The summed E-state index contributed by atoms with van der Waals surface area (Å²) in [7, 11) is -5.43. The summed E-state index contributed by atoms with van der Waals surface area (Å²) in [5.74, 6) is -42.3. The van der Waals surface area contributed by atoms with E-state index >= 15 is 0 Å². The fourth-order valence-electron chi connectivity index (χ4n) is 3.95. The summed E-state index contributed by atoms with van der Waals surface area (Å²) in [6, 6.07) is 0. The zero-order chi connectivity index (χ0) is 20.5. The Morgan fingerprint density at radius 3 is 0.760 bits per heavy atom. The summed E-state index contributed by atoms with van der Waals surface area (Å²) in [5, 5.41) is -6.16. The highest BCUT2D eigenvalue weighted by Crippen LogP contribution is 2.88. The van der Waals surface area contributed by atoms with Gasteiger partial charge in [0.1, 0.15) is 0 Å². The number of halogens is 13. The predicted octanol–water partition coefficient (Wildman–Crippen LogP) is 5.61. The number of fused-ring (bicyclic) bond motifs is 3. The summed E-state index contributed by atoms with van der Waals surface area (Å²) in [4.78, 5) is 0. The molecule has 0 saturated heterocycles. The minimum absolute atomic E-state index is 0.0987. The molecule has 0 heterocycles. The van der Waals surface area contributed by atoms with Crippen LogP contribution in [0.2, 0.25) is 24.7 Å². The van der Waals surface area contributed by atoms with E-state index in [0.717, 1.165) is 0 Å². The molecule has 0 nitrogen and oxygen atoms in total. The molecule has 3 aliphatic rings. The van der Waals surface area contributed by atoms with Gasteiger partial charge >= 0.3 is 41.2 Å². The summed E-state index contributed by atoms with van der Waals surface area (Å²) in [5.41, 5.74) is -7.51. The Bertz CT molecular complexity index is 542. The van der Waals surface area contributed by atoms with Crippen LogP contribution in [0.3, 0.4) is 0 Å². The van der Waals surface area contributed by atoms with Gasteiger partial charge in [0.25, 0.3) is 0 Å². The molecule has 0 radical (unpaired) electrons. The summed E-state index contributed by atoms with van der Waals surface area (Å²) < 4.78 is 182. The number of hydrogen-bond donors (Lipinski definition) is 0. The van der Waals surface area contributed by atoms with E-state index in [9.17, 15) is 57.1 Å². The van der Waals surface area contributed by atoms with Crippen molar-refractivity contribution in [3.05, 3.63) is 0 Å². The molecule has 0 aromatic heterocycles. The topological polar surface area (TPSA) is 0 Å². The van der Waals surface area contributed by atoms with Gasteiger partial charge in [0.05, 0.1) is 8.07 Å². The largest absolute Gasteiger partial charge is 0.356 e. The third-order valence-corrected chi connectivity index (χ3v) is 8.21. The third kappa shape index (κ3) is 1.33. The average Bonchev–Trinajstić information content (AvgIpc) is 2.31. The fraction of sp³-hybridized carbons (Fsp3) is 1.00. The Kier molecular flexibility index (Phi) is 3.37. The fourth-order valence-corrected chi connectivity index (χ4v) is 7.25. The van der Waals surface area contributed by atoms with Crippen LogP contribution in [0.1, 0.15) is 0 Å². The second-order valence-electron chi connectivity index (χ2n) is 7.10. The van der Waals surface area contributed by atoms with Crippen LogP contribution >= 0.6 is 0 Å². The Morgan fingerprint density at radius 1 is 0.400 bits per heavy atom. The van der Waals surface area contributed by atoms with Gasteiger partial charge in [-0.05, 0) is 0 Å². The Morgan fingerprint density at radius 2 is 0.600 bits per heavy atom. The molecule has 0 atom stereocenters. The molecule has 0 aliphatic heterocycles. The lowest BCUT2D eigenvalue weighted by Crippen LogP contribution is -2.98. The van der Waals surface area contributed by atoms with E-state index in [-0.39, 0.29) is 19.6 Å². The molecule has 0 amide bonds. The second kappa shape index (κ2) is 4.08. The zero-order valence-electron chi connectivity index (χ0n) is 12.4. The van der Waals surface area contributed by atoms with Gasteiger partial charge in [-0.25, -0.2) is 4.39 Å². The predicted molar refractivity (Wildman–Crippen MR) is 59.6 cm³/mol. The molecule has 0 aromatic rings. The monoisotopic (exact) mass is 416 g/mol. The van der Waals surface area contributed by atoms with Crippen LogP contribution < -0.4 is 0 Å². The van der Waals surface area contributed by atoms with Crippen LogP contribution in [0.4, 0.5) is 57.1 Å². The quantitative estimate of drug-likeness (QED) is 0.385. The van der Waals surface area contributed by atoms with Gasteiger partial charge < -0.3 is 0 Å². The molecular weight excluding hydrogens is 407 g/mol. The minimum Gasteiger partial charge on any atom is -0.223 e. The van der Waals surface area contributed by atoms with Crippen molar-refractivity contribution in [3.63, 3.8) is 0 Å². The van der Waals surface area contributed by atoms with Crippen molar-refractivity contribution in [1.82, 2.24) is 0 Å². The van der Waals surface area contributed by atoms with Crippen molar-refractivity contribution in [2.24, 2.45) is 0 Å². The highest BCUT2D eigenvalue weighted by atomic mass is 28.3. The number of alkyl halides is 13. The lowest BCUT2D eigenvalue weighted by Gasteiger charge is -2.70. The Labute approximate surface area is 132 Å². The summed E-state index contributed by atoms with van der Waals surface area (Å²) in [6.07, 6.45) is 0. The number of rotatable bonds is 1. The zero-order valence-corrected chi connectivity index (χ0v) is 13.4. The molecule has 3 saturated carbocycles. The van der Waals surface area contributed by atoms with Crippen molar-refractivity contribution in [1.29, 1.82) is 0 Å². The highest BCUT2D eigenvalue weighted by molar-refractivity contribution is 6.80. The highest BCUT2D eigenvalue weighted by Gasteiger charge is 3.15. The van der Waals surface area contributed by atoms with Gasteiger partial charge in [-0.3, -0.25) is 0 Å². The molecule has 2 bridgehead atoms. The molecule has 0 aromatic carbocycles. The van der Waals surface area contributed by atoms with Crippen molar-refractivity contribution in [3.8, 4) is 0 Å². The lowest BCUT2D eigenvalue weighted by molar-refractivity contribution is -0.539. The van der Waals surface area contributed by atoms with Crippen LogP contribution in [0.5, 0.6) is 0 Å². The van der Waals surface area contributed by atoms with Crippen molar-refractivity contribution in [2.45, 2.75) is 65.9 Å². The molecule has 3 rings (SSSR count). The first-order valence-electron chi connectivity index (χ1n) is 6.46. The van der Waals surface area contributed by atoms with Crippen molar-refractivity contribution in [2.75, 3.05) is 0 Å². The van der Waals surface area contributed by atoms with Gasteiger partial charge in [-0.15, -0.1) is 0 Å². The first kappa shape index (κ1) is 20.6. The third-order valence-electron chi connectivity index (χ3n) is 5.02. The maximum Gasteiger partial charge on any atom is 0.356 e. The minimum atomic E-state index is -7.51. The van der Waals surface area contributed by atoms with E-state index in [0.29, 0.717) is 0 Å². The standard InChI is InChI=1S/C11H9F13Si/c1-25(2,3)5-9(19,20)6(13,14)4(12,7(15,16)10(5,21)22)8(17,18)11(5,23)24/h1-3H3. The van der Waals surface area contributed by atoms with Gasteiger partial charge in [0.2, 0.25) is 0 Å². The first-order valence-corrected chi connectivity index (χ1v) is 9.96. The van der Waals surface area contributed by atoms with Crippen LogP contribution in [0.25, 0.3) is 0 Å². The number of hydrogen-bond acceptors (Lipinski definition) is 0. The van der Waals surface area contributed by atoms with Gasteiger partial charge in [-0.1, -0.05) is 19.6 Å². The first-order chi connectivity index (χ1) is 10.5. The van der Waals surface area contributed by atoms with Gasteiger partial charge in [0, 0.05) is 0 Å². The Hall–Kier alpha value is -0.693. The molecule has 0 unspecified atom stereocenters. The van der Waals surface area contributed by atoms with E-state index in [1.54, 1.807) is 0 Å². The average molecular weight is 416 g/mol. The van der Waals surface area contributed by atoms with Crippen LogP contribution in [0.15, 0.2) is 0 Å². The van der Waals surface area contributed by atoms with E-state index in [1.165, 1.54) is 0 Å². The van der Waals surface area contributed by atoms with Crippen molar-refractivity contribution < 1.29 is 57.1 Å². The Balaban J connectivity index is 3.26. The molecule has 14 heteroatoms. The maximum atomic E-state index is 14.2.